The first-order chi connectivity index (χ1) is 23.3. The fourth-order valence-electron chi connectivity index (χ4n) is 5.53. The van der Waals surface area contributed by atoms with Crippen molar-refractivity contribution in [2.24, 2.45) is 0 Å². The maximum absolute atomic E-state index is 14.7. The monoisotopic (exact) mass is 705 g/mol. The predicted octanol–water partition coefficient (Wildman–Crippen LogP) is 5.93. The number of Topliss-reactive ketones (excluding diaryl/α,β-unsaturated/α-hetero) is 1. The van der Waals surface area contributed by atoms with Gasteiger partial charge in [0.05, 0.1) is 27.9 Å². The number of nitrogens with one attached hydrogen (secondary N) is 3. The van der Waals surface area contributed by atoms with Crippen LogP contribution in [-0.4, -0.2) is 66.5 Å². The average molecular weight is 706 g/mol. The van der Waals surface area contributed by atoms with Crippen LogP contribution >= 0.6 is 11.6 Å². The summed E-state index contributed by atoms with van der Waals surface area (Å²) in [5.74, 6) is -6.93. The quantitative estimate of drug-likeness (QED) is 0.148. The molecule has 11 nitrogen and oxygen atoms in total. The summed E-state index contributed by atoms with van der Waals surface area (Å²) in [7, 11) is 0. The van der Waals surface area contributed by atoms with Crippen molar-refractivity contribution in [1.82, 2.24) is 10.3 Å². The molecule has 0 radical (unpaired) electrons. The molecule has 1 saturated carbocycles. The Morgan fingerprint density at radius 3 is 2.43 bits per heavy atom. The van der Waals surface area contributed by atoms with E-state index in [1.165, 1.54) is 24.4 Å². The summed E-state index contributed by atoms with van der Waals surface area (Å²) < 4.78 is 65.1. The number of esters is 1. The van der Waals surface area contributed by atoms with E-state index in [2.05, 4.69) is 30.6 Å². The van der Waals surface area contributed by atoms with Crippen molar-refractivity contribution in [1.29, 1.82) is 0 Å². The van der Waals surface area contributed by atoms with E-state index in [9.17, 15) is 36.7 Å². The first-order valence-corrected chi connectivity index (χ1v) is 15.8. The van der Waals surface area contributed by atoms with Crippen LogP contribution in [0.1, 0.15) is 59.7 Å². The molecule has 0 spiro atoms. The van der Waals surface area contributed by atoms with E-state index in [0.717, 1.165) is 18.7 Å². The number of pyridine rings is 1. The molecule has 260 valence electrons. The van der Waals surface area contributed by atoms with Crippen LogP contribution in [0.2, 0.25) is 5.02 Å². The van der Waals surface area contributed by atoms with Gasteiger partial charge in [-0.15, -0.1) is 0 Å². The number of hydrogen-bond donors (Lipinski definition) is 3. The fourth-order valence-corrected chi connectivity index (χ4v) is 5.64. The summed E-state index contributed by atoms with van der Waals surface area (Å²) in [6.45, 7) is 4.28. The van der Waals surface area contributed by atoms with Gasteiger partial charge >= 0.3 is 12.1 Å². The molecule has 16 heteroatoms. The van der Waals surface area contributed by atoms with Gasteiger partial charge in [-0.1, -0.05) is 11.6 Å². The maximum atomic E-state index is 14.7. The number of aromatic nitrogens is 1. The standard InChI is InChI=1S/C33H32ClF4N5O6/c1-18-16-39-11-2-12-43(18)21-4-9-24(26(15-21)48-23-7-5-22(44)6-8-23)30(45)42-29-25(31(46)41-28-10-3-19(34)17-40-28)13-20(35)14-27(29)49-32(47)33(36,37)38/h3-4,9-10,13-15,17-18,23,39H,2,5-8,11-12,16H2,1H3,(H,42,45)(H,40,41,46). The van der Waals surface area contributed by atoms with Gasteiger partial charge in [-0.2, -0.15) is 13.2 Å². The number of ketones is 1. The number of benzene rings is 2. The molecule has 2 fully saturated rings. The molecule has 0 bridgehead atoms. The van der Waals surface area contributed by atoms with E-state index in [1.54, 1.807) is 12.1 Å². The minimum atomic E-state index is -5.48. The Kier molecular flexibility index (Phi) is 11.0. The molecule has 2 heterocycles. The highest BCUT2D eigenvalue weighted by molar-refractivity contribution is 6.30. The minimum Gasteiger partial charge on any atom is -0.489 e. The number of anilines is 3. The zero-order valence-electron chi connectivity index (χ0n) is 26.2. The summed E-state index contributed by atoms with van der Waals surface area (Å²) in [5, 5.41) is 8.29. The van der Waals surface area contributed by atoms with Gasteiger partial charge in [-0.3, -0.25) is 14.4 Å². The molecule has 49 heavy (non-hydrogen) atoms. The molecule has 2 aliphatic rings. The van der Waals surface area contributed by atoms with Gasteiger partial charge in [0, 0.05) is 56.0 Å². The molecule has 1 atom stereocenters. The second-order valence-corrected chi connectivity index (χ2v) is 12.1. The number of halogens is 5. The third kappa shape index (κ3) is 9.03. The topological polar surface area (TPSA) is 139 Å². The largest absolute Gasteiger partial charge is 0.491 e. The maximum Gasteiger partial charge on any atom is 0.491 e. The molecule has 1 saturated heterocycles. The van der Waals surface area contributed by atoms with Crippen LogP contribution in [0.4, 0.5) is 34.8 Å². The number of ether oxygens (including phenoxy) is 2. The SMILES string of the molecule is CC1CNCCCN1c1ccc(C(=O)Nc2c(OC(=O)C(F)(F)F)cc(F)cc2C(=O)Nc2ccc(Cl)cn2)c(OC2CCC(=O)CC2)c1. The van der Waals surface area contributed by atoms with Crippen molar-refractivity contribution in [2.75, 3.05) is 35.2 Å². The van der Waals surface area contributed by atoms with Gasteiger partial charge in [0.15, 0.2) is 5.75 Å². The Balaban J connectivity index is 1.54. The summed E-state index contributed by atoms with van der Waals surface area (Å²) in [6, 6.07) is 8.69. The molecular weight excluding hydrogens is 674 g/mol. The van der Waals surface area contributed by atoms with Crippen molar-refractivity contribution in [3.63, 3.8) is 0 Å². The van der Waals surface area contributed by atoms with Crippen molar-refractivity contribution in [2.45, 2.75) is 57.3 Å². The predicted molar refractivity (Wildman–Crippen MR) is 172 cm³/mol. The molecule has 1 aliphatic carbocycles. The normalized spacial score (nSPS) is 17.2. The fraction of sp³-hybridized carbons (Fsp3) is 0.364. The Hall–Kier alpha value is -4.76. The number of carbonyl (C=O) groups excluding carboxylic acids is 4. The summed E-state index contributed by atoms with van der Waals surface area (Å²) in [4.78, 5) is 57.0. The molecule has 2 amide bonds. The number of nitrogens with zero attached hydrogens (tertiary/aromatic N) is 2. The summed E-state index contributed by atoms with van der Waals surface area (Å²) in [6.07, 6.45) is -2.42. The van der Waals surface area contributed by atoms with Gasteiger partial charge in [0.25, 0.3) is 11.8 Å². The number of hydrogen-bond acceptors (Lipinski definition) is 9. The lowest BCUT2D eigenvalue weighted by Gasteiger charge is -2.30. The summed E-state index contributed by atoms with van der Waals surface area (Å²) >= 11 is 5.84. The molecule has 1 aliphatic heterocycles. The zero-order valence-corrected chi connectivity index (χ0v) is 26.9. The first kappa shape index (κ1) is 35.5. The lowest BCUT2D eigenvalue weighted by molar-refractivity contribution is -0.189. The Morgan fingerprint density at radius 1 is 1.00 bits per heavy atom. The van der Waals surface area contributed by atoms with Crippen molar-refractivity contribution >= 4 is 52.4 Å². The second-order valence-electron chi connectivity index (χ2n) is 11.6. The van der Waals surface area contributed by atoms with Crippen LogP contribution in [0.25, 0.3) is 0 Å². The average Bonchev–Trinajstić information content (AvgIpc) is 3.27. The molecule has 3 aromatic rings. The third-order valence-corrected chi connectivity index (χ3v) is 8.23. The van der Waals surface area contributed by atoms with Crippen LogP contribution < -0.4 is 30.3 Å². The van der Waals surface area contributed by atoms with Crippen molar-refractivity contribution in [3.05, 3.63) is 70.6 Å². The zero-order chi connectivity index (χ0) is 35.3. The number of alkyl halides is 3. The van der Waals surface area contributed by atoms with E-state index in [1.807, 2.05) is 6.92 Å². The molecule has 2 aromatic carbocycles. The lowest BCUT2D eigenvalue weighted by atomic mass is 9.96. The van der Waals surface area contributed by atoms with E-state index in [0.29, 0.717) is 50.9 Å². The number of amides is 2. The number of rotatable bonds is 8. The van der Waals surface area contributed by atoms with Crippen LogP contribution in [0.15, 0.2) is 48.7 Å². The van der Waals surface area contributed by atoms with Gasteiger partial charge in [-0.05, 0) is 63.1 Å². The van der Waals surface area contributed by atoms with Gasteiger partial charge < -0.3 is 30.3 Å². The van der Waals surface area contributed by atoms with E-state index < -0.39 is 52.9 Å². The highest BCUT2D eigenvalue weighted by atomic mass is 35.5. The van der Waals surface area contributed by atoms with Crippen LogP contribution in [0.5, 0.6) is 11.5 Å². The molecule has 1 aromatic heterocycles. The van der Waals surface area contributed by atoms with Gasteiger partial charge in [-0.25, -0.2) is 14.2 Å². The Bertz CT molecular complexity index is 1730. The molecule has 3 N–H and O–H groups in total. The lowest BCUT2D eigenvalue weighted by Crippen LogP contribution is -2.37. The number of carbonyl (C=O) groups is 4. The van der Waals surface area contributed by atoms with Crippen LogP contribution in [0.3, 0.4) is 0 Å². The van der Waals surface area contributed by atoms with E-state index in [4.69, 9.17) is 16.3 Å². The minimum absolute atomic E-state index is 0.0556. The van der Waals surface area contributed by atoms with E-state index >= 15 is 0 Å². The van der Waals surface area contributed by atoms with Gasteiger partial charge in [0.2, 0.25) is 0 Å². The highest BCUT2D eigenvalue weighted by Gasteiger charge is 2.42. The van der Waals surface area contributed by atoms with Crippen LogP contribution in [-0.2, 0) is 9.59 Å². The smallest absolute Gasteiger partial charge is 0.489 e. The summed E-state index contributed by atoms with van der Waals surface area (Å²) in [5.41, 5.74) is -0.733. The van der Waals surface area contributed by atoms with Crippen molar-refractivity contribution < 1.29 is 46.2 Å². The van der Waals surface area contributed by atoms with E-state index in [-0.39, 0.29) is 34.0 Å². The second kappa shape index (κ2) is 15.2. The third-order valence-electron chi connectivity index (χ3n) is 8.00. The van der Waals surface area contributed by atoms with Crippen molar-refractivity contribution in [3.8, 4) is 11.5 Å². The highest BCUT2D eigenvalue weighted by Crippen LogP contribution is 2.36. The Morgan fingerprint density at radius 2 is 1.73 bits per heavy atom. The van der Waals surface area contributed by atoms with Gasteiger partial charge in [0.1, 0.15) is 23.2 Å². The Labute approximate surface area is 283 Å². The molecule has 1 unspecified atom stereocenters. The molecular formula is C33H32ClF4N5O6. The molecule has 5 rings (SSSR count). The van der Waals surface area contributed by atoms with Crippen LogP contribution in [0, 0.1) is 5.82 Å². The first-order valence-electron chi connectivity index (χ1n) is 15.4.